The van der Waals surface area contributed by atoms with Gasteiger partial charge in [0.05, 0.1) is 12.8 Å². The highest BCUT2D eigenvalue weighted by molar-refractivity contribution is 7.80. The number of nitrogens with zero attached hydrogens (tertiary/aromatic N) is 1. The number of nitrogens with one attached hydrogen (secondary N) is 1. The van der Waals surface area contributed by atoms with Crippen LogP contribution < -0.4 is 15.0 Å². The third kappa shape index (κ3) is 3.01. The van der Waals surface area contributed by atoms with E-state index in [2.05, 4.69) is 5.32 Å². The van der Waals surface area contributed by atoms with Gasteiger partial charge in [-0.3, -0.25) is 19.8 Å². The third-order valence-electron chi connectivity index (χ3n) is 3.26. The number of rotatable bonds is 3. The molecule has 1 saturated heterocycles. The second-order valence-electron chi connectivity index (χ2n) is 4.67. The normalized spacial score (nSPS) is 16.7. The van der Waals surface area contributed by atoms with Gasteiger partial charge in [-0.05, 0) is 54.0 Å². The van der Waals surface area contributed by atoms with Gasteiger partial charge in [-0.25, -0.2) is 0 Å². The van der Waals surface area contributed by atoms with Gasteiger partial charge in [0.25, 0.3) is 11.8 Å². The summed E-state index contributed by atoms with van der Waals surface area (Å²) in [6, 6.07) is 10.6. The van der Waals surface area contributed by atoms with Crippen molar-refractivity contribution in [3.8, 4) is 5.75 Å². The average Bonchev–Trinajstić information content (AvgIpc) is 3.05. The van der Waals surface area contributed by atoms with Crippen LogP contribution in [0.2, 0.25) is 0 Å². The van der Waals surface area contributed by atoms with Crippen LogP contribution in [-0.2, 0) is 9.59 Å². The van der Waals surface area contributed by atoms with E-state index in [-0.39, 0.29) is 10.7 Å². The minimum atomic E-state index is -0.488. The quantitative estimate of drug-likeness (QED) is 0.528. The number of carbonyl (C=O) groups is 2. The van der Waals surface area contributed by atoms with Crippen LogP contribution in [0.1, 0.15) is 4.88 Å². The molecule has 7 heteroatoms. The van der Waals surface area contributed by atoms with Gasteiger partial charge in [-0.2, -0.15) is 0 Å². The average molecular weight is 344 g/mol. The molecule has 1 fully saturated rings. The van der Waals surface area contributed by atoms with Crippen LogP contribution in [0.15, 0.2) is 47.4 Å². The van der Waals surface area contributed by atoms with Crippen molar-refractivity contribution in [2.45, 2.75) is 0 Å². The van der Waals surface area contributed by atoms with E-state index in [0.717, 1.165) is 4.88 Å². The number of benzene rings is 1. The molecule has 0 saturated carbocycles. The molecule has 2 amide bonds. The van der Waals surface area contributed by atoms with Crippen molar-refractivity contribution >= 4 is 52.2 Å². The van der Waals surface area contributed by atoms with Crippen LogP contribution in [0.4, 0.5) is 5.69 Å². The van der Waals surface area contributed by atoms with Crippen LogP contribution >= 0.6 is 23.6 Å². The zero-order valence-corrected chi connectivity index (χ0v) is 13.7. The molecule has 1 aliphatic rings. The first-order valence-electron chi connectivity index (χ1n) is 6.69. The number of carbonyl (C=O) groups excluding carboxylic acids is 2. The Kier molecular flexibility index (Phi) is 4.22. The number of anilines is 1. The van der Waals surface area contributed by atoms with Crippen molar-refractivity contribution in [2.75, 3.05) is 12.0 Å². The van der Waals surface area contributed by atoms with Gasteiger partial charge in [0.2, 0.25) is 0 Å². The van der Waals surface area contributed by atoms with Crippen molar-refractivity contribution < 1.29 is 14.3 Å². The molecule has 2 heterocycles. The summed E-state index contributed by atoms with van der Waals surface area (Å²) in [5, 5.41) is 4.49. The topological polar surface area (TPSA) is 58.6 Å². The molecule has 1 aromatic heterocycles. The fourth-order valence-electron chi connectivity index (χ4n) is 2.14. The Morgan fingerprint density at radius 1 is 1.22 bits per heavy atom. The van der Waals surface area contributed by atoms with Crippen LogP contribution in [0.25, 0.3) is 6.08 Å². The smallest absolute Gasteiger partial charge is 0.270 e. The van der Waals surface area contributed by atoms with Gasteiger partial charge in [0.15, 0.2) is 5.11 Å². The lowest BCUT2D eigenvalue weighted by Gasteiger charge is -2.28. The summed E-state index contributed by atoms with van der Waals surface area (Å²) < 4.78 is 5.10. The molecule has 0 aliphatic carbocycles. The summed E-state index contributed by atoms with van der Waals surface area (Å²) >= 11 is 6.59. The zero-order chi connectivity index (χ0) is 16.4. The lowest BCUT2D eigenvalue weighted by atomic mass is 10.1. The Hall–Kier alpha value is -2.51. The Bertz CT molecular complexity index is 795. The van der Waals surface area contributed by atoms with Crippen LogP contribution in [0, 0.1) is 0 Å². The molecule has 116 valence electrons. The first-order valence-corrected chi connectivity index (χ1v) is 7.98. The van der Waals surface area contributed by atoms with Crippen molar-refractivity contribution in [1.29, 1.82) is 0 Å². The molecule has 1 N–H and O–H groups in total. The maximum atomic E-state index is 12.7. The Morgan fingerprint density at radius 3 is 2.57 bits per heavy atom. The molecule has 5 nitrogen and oxygen atoms in total. The summed E-state index contributed by atoms with van der Waals surface area (Å²) in [6.07, 6.45) is 1.57. The molecule has 1 aromatic carbocycles. The number of thiophene rings is 1. The fraction of sp³-hybridized carbons (Fsp3) is 0.0625. The third-order valence-corrected chi connectivity index (χ3v) is 4.37. The number of hydrogen-bond donors (Lipinski definition) is 1. The van der Waals surface area contributed by atoms with Crippen LogP contribution in [-0.4, -0.2) is 24.0 Å². The number of thiocarbonyl (C=S) groups is 1. The summed E-state index contributed by atoms with van der Waals surface area (Å²) in [5.41, 5.74) is 0.620. The van der Waals surface area contributed by atoms with E-state index < -0.39 is 11.8 Å². The van der Waals surface area contributed by atoms with Crippen molar-refractivity contribution in [3.63, 3.8) is 0 Å². The summed E-state index contributed by atoms with van der Waals surface area (Å²) in [6.45, 7) is 0. The van der Waals surface area contributed by atoms with Gasteiger partial charge in [0, 0.05) is 4.88 Å². The highest BCUT2D eigenvalue weighted by Gasteiger charge is 2.34. The zero-order valence-electron chi connectivity index (χ0n) is 12.1. The van der Waals surface area contributed by atoms with Crippen LogP contribution in [0.5, 0.6) is 5.75 Å². The standard InChI is InChI=1S/C16H12N2O3S2/c1-21-11-6-4-10(5-7-11)18-15(20)13(14(19)17-16(18)22)9-12-3-2-8-23-12/h2-9H,1H3,(H,17,19,22)/b13-9+. The number of hydrogen-bond acceptors (Lipinski definition) is 5. The van der Waals surface area contributed by atoms with E-state index in [9.17, 15) is 9.59 Å². The summed E-state index contributed by atoms with van der Waals surface area (Å²) in [5.74, 6) is -0.266. The lowest BCUT2D eigenvalue weighted by Crippen LogP contribution is -2.54. The largest absolute Gasteiger partial charge is 0.497 e. The molecule has 3 rings (SSSR count). The van der Waals surface area contributed by atoms with E-state index >= 15 is 0 Å². The Balaban J connectivity index is 1.98. The first kappa shape index (κ1) is 15.4. The molecule has 0 bridgehead atoms. The van der Waals surface area contributed by atoms with E-state index in [0.29, 0.717) is 11.4 Å². The first-order chi connectivity index (χ1) is 11.1. The lowest BCUT2D eigenvalue weighted by molar-refractivity contribution is -0.122. The highest BCUT2D eigenvalue weighted by Crippen LogP contribution is 2.24. The van der Waals surface area contributed by atoms with Gasteiger partial charge in [-0.15, -0.1) is 11.3 Å². The van der Waals surface area contributed by atoms with Crippen molar-refractivity contribution in [1.82, 2.24) is 5.32 Å². The number of amides is 2. The van der Waals surface area contributed by atoms with E-state index in [4.69, 9.17) is 17.0 Å². The highest BCUT2D eigenvalue weighted by atomic mass is 32.1. The van der Waals surface area contributed by atoms with Crippen molar-refractivity contribution in [3.05, 3.63) is 52.2 Å². The molecule has 0 atom stereocenters. The minimum Gasteiger partial charge on any atom is -0.497 e. The van der Waals surface area contributed by atoms with Gasteiger partial charge < -0.3 is 4.74 Å². The number of ether oxygens (including phenoxy) is 1. The van der Waals surface area contributed by atoms with E-state index in [1.807, 2.05) is 17.5 Å². The molecular weight excluding hydrogens is 332 g/mol. The Morgan fingerprint density at radius 2 is 1.96 bits per heavy atom. The summed E-state index contributed by atoms with van der Waals surface area (Å²) in [4.78, 5) is 26.9. The maximum absolute atomic E-state index is 12.7. The maximum Gasteiger partial charge on any atom is 0.270 e. The predicted octanol–water partition coefficient (Wildman–Crippen LogP) is 2.59. The molecule has 0 spiro atoms. The fourth-order valence-corrected chi connectivity index (χ4v) is 3.08. The van der Waals surface area contributed by atoms with Gasteiger partial charge >= 0.3 is 0 Å². The SMILES string of the molecule is COc1ccc(N2C(=O)/C(=C/c3cccs3)C(=O)NC2=S)cc1. The summed E-state index contributed by atoms with van der Waals surface area (Å²) in [7, 11) is 1.56. The number of methoxy groups -OCH3 is 1. The van der Waals surface area contributed by atoms with Crippen LogP contribution in [0.3, 0.4) is 0 Å². The van der Waals surface area contributed by atoms with Gasteiger partial charge in [0.1, 0.15) is 11.3 Å². The Labute approximate surface area is 142 Å². The minimum absolute atomic E-state index is 0.0527. The monoisotopic (exact) mass is 344 g/mol. The van der Waals surface area contributed by atoms with Crippen molar-refractivity contribution in [2.24, 2.45) is 0 Å². The molecule has 0 unspecified atom stereocenters. The second kappa shape index (κ2) is 6.31. The van der Waals surface area contributed by atoms with E-state index in [1.165, 1.54) is 16.2 Å². The van der Waals surface area contributed by atoms with Gasteiger partial charge in [-0.1, -0.05) is 6.07 Å². The molecule has 1 aliphatic heterocycles. The predicted molar refractivity (Wildman–Crippen MR) is 93.5 cm³/mol. The van der Waals surface area contributed by atoms with E-state index in [1.54, 1.807) is 37.5 Å². The second-order valence-corrected chi connectivity index (χ2v) is 6.04. The molecule has 23 heavy (non-hydrogen) atoms. The molecule has 2 aromatic rings. The molecular formula is C16H12N2O3S2. The molecule has 0 radical (unpaired) electrons.